The van der Waals surface area contributed by atoms with Crippen molar-refractivity contribution in [1.29, 1.82) is 0 Å². The van der Waals surface area contributed by atoms with Crippen LogP contribution in [0.25, 0.3) is 0 Å². The highest BCUT2D eigenvalue weighted by molar-refractivity contribution is 5.41. The first-order chi connectivity index (χ1) is 5.16. The second-order valence-corrected chi connectivity index (χ2v) is 2.93. The molecule has 11 heavy (non-hydrogen) atoms. The average molecular weight is 146 g/mol. The van der Waals surface area contributed by atoms with Crippen molar-refractivity contribution in [1.82, 2.24) is 0 Å². The van der Waals surface area contributed by atoms with Gasteiger partial charge in [0.05, 0.1) is 0 Å². The molecule has 0 aromatic heterocycles. The van der Waals surface area contributed by atoms with Crippen LogP contribution in [0.4, 0.5) is 0 Å². The molecule has 1 aromatic carbocycles. The predicted octanol–water partition coefficient (Wildman–Crippen LogP) is 3.06. The Kier molecular flexibility index (Phi) is 2.33. The van der Waals surface area contributed by atoms with Crippen LogP contribution < -0.4 is 0 Å². The minimum atomic E-state index is 1.23. The number of aryl methyl sites for hydroxylation is 1. The number of hydrogen-bond donors (Lipinski definition) is 0. The molecule has 1 rings (SSSR count). The monoisotopic (exact) mass is 146 g/mol. The Morgan fingerprint density at radius 2 is 1.64 bits per heavy atom. The molecule has 0 bridgehead atoms. The van der Waals surface area contributed by atoms with Crippen LogP contribution >= 0.6 is 0 Å². The zero-order chi connectivity index (χ0) is 8.43. The van der Waals surface area contributed by atoms with Gasteiger partial charge < -0.3 is 0 Å². The first-order valence-corrected chi connectivity index (χ1v) is 3.91. The third kappa shape index (κ3) is 1.45. The van der Waals surface area contributed by atoms with Gasteiger partial charge in [0.1, 0.15) is 0 Å². The van der Waals surface area contributed by atoms with E-state index in [1.807, 2.05) is 6.92 Å². The molecule has 0 heterocycles. The summed E-state index contributed by atoms with van der Waals surface area (Å²) < 4.78 is 0. The van der Waals surface area contributed by atoms with E-state index in [-0.39, 0.29) is 0 Å². The quantitative estimate of drug-likeness (QED) is 0.571. The number of benzene rings is 1. The summed E-state index contributed by atoms with van der Waals surface area (Å²) in [6, 6.07) is 4.27. The molecule has 0 fully saturated rings. The molecule has 0 amide bonds. The molecule has 0 spiro atoms. The summed E-state index contributed by atoms with van der Waals surface area (Å²) in [6.07, 6.45) is 3.16. The van der Waals surface area contributed by atoms with Crippen LogP contribution in [0.3, 0.4) is 0 Å². The van der Waals surface area contributed by atoms with Gasteiger partial charge in [-0.15, -0.1) is 0 Å². The molecule has 0 saturated carbocycles. The second kappa shape index (κ2) is 3.08. The number of hydrogen-bond acceptors (Lipinski definition) is 0. The van der Waals surface area contributed by atoms with Crippen molar-refractivity contribution in [2.75, 3.05) is 0 Å². The lowest BCUT2D eigenvalue weighted by Gasteiger charge is -2.08. The van der Waals surface area contributed by atoms with Gasteiger partial charge in [-0.25, -0.2) is 0 Å². The minimum absolute atomic E-state index is 1.23. The van der Waals surface area contributed by atoms with E-state index < -0.39 is 0 Å². The highest BCUT2D eigenvalue weighted by Crippen LogP contribution is 2.17. The van der Waals surface area contributed by atoms with Crippen molar-refractivity contribution < 1.29 is 0 Å². The van der Waals surface area contributed by atoms with Crippen LogP contribution in [-0.4, -0.2) is 0 Å². The van der Waals surface area contributed by atoms with Crippen molar-refractivity contribution in [3.63, 3.8) is 0 Å². The fourth-order valence-electron chi connectivity index (χ4n) is 1.23. The standard InChI is InChI=1S/C11H14/c1-5-11-7-6-8(2)9(3)10(11)4/h6-7H,1-4H3. The Hall–Kier alpha value is -0.780. The highest BCUT2D eigenvalue weighted by Gasteiger charge is 2.00. The first kappa shape index (κ1) is 8.32. The maximum Gasteiger partial charge on any atom is 0.0133 e. The van der Waals surface area contributed by atoms with Crippen LogP contribution in [0.1, 0.15) is 29.2 Å². The molecule has 0 unspecified atom stereocenters. The van der Waals surface area contributed by atoms with Gasteiger partial charge in [0.2, 0.25) is 0 Å². The van der Waals surface area contributed by atoms with Gasteiger partial charge in [0.15, 0.2) is 0 Å². The third-order valence-corrected chi connectivity index (χ3v) is 2.33. The molecule has 58 valence electrons. The van der Waals surface area contributed by atoms with E-state index in [0.717, 1.165) is 0 Å². The van der Waals surface area contributed by atoms with Crippen LogP contribution in [0.5, 0.6) is 0 Å². The van der Waals surface area contributed by atoms with E-state index in [4.69, 9.17) is 0 Å². The normalized spacial score (nSPS) is 10.2. The molecule has 0 atom stereocenters. The summed E-state index contributed by atoms with van der Waals surface area (Å²) in [5.74, 6) is 0. The van der Waals surface area contributed by atoms with Gasteiger partial charge in [0, 0.05) is 6.42 Å². The van der Waals surface area contributed by atoms with Crippen molar-refractivity contribution in [3.8, 4) is 0 Å². The minimum Gasteiger partial charge on any atom is -0.0587 e. The first-order valence-electron chi connectivity index (χ1n) is 3.91. The Labute approximate surface area is 69.3 Å². The molecular weight excluding hydrogens is 132 g/mol. The molecule has 0 N–H and O–H groups in total. The third-order valence-electron chi connectivity index (χ3n) is 2.33. The summed E-state index contributed by atoms with van der Waals surface area (Å²) in [5.41, 5.74) is 5.33. The van der Waals surface area contributed by atoms with E-state index in [1.54, 1.807) is 0 Å². The summed E-state index contributed by atoms with van der Waals surface area (Å²) in [7, 11) is 0. The SMILES string of the molecule is C[C]c1ccc(C)c(C)c1C. The van der Waals surface area contributed by atoms with E-state index in [0.29, 0.717) is 0 Å². The Bertz CT molecular complexity index is 259. The maximum absolute atomic E-state index is 3.16. The molecular formula is C11H14. The van der Waals surface area contributed by atoms with Crippen LogP contribution in [0.15, 0.2) is 12.1 Å². The van der Waals surface area contributed by atoms with Crippen LogP contribution in [0.2, 0.25) is 0 Å². The largest absolute Gasteiger partial charge is 0.0587 e. The Morgan fingerprint density at radius 1 is 1.00 bits per heavy atom. The smallest absolute Gasteiger partial charge is 0.0133 e. The van der Waals surface area contributed by atoms with Gasteiger partial charge >= 0.3 is 0 Å². The Morgan fingerprint density at radius 3 is 2.18 bits per heavy atom. The molecule has 0 nitrogen and oxygen atoms in total. The average Bonchev–Trinajstić information content (AvgIpc) is 2.01. The lowest BCUT2D eigenvalue weighted by Crippen LogP contribution is -1.91. The lowest BCUT2D eigenvalue weighted by molar-refractivity contribution is 1.22. The zero-order valence-corrected chi connectivity index (χ0v) is 7.65. The van der Waals surface area contributed by atoms with Crippen LogP contribution in [-0.2, 0) is 0 Å². The van der Waals surface area contributed by atoms with Crippen molar-refractivity contribution in [2.24, 2.45) is 0 Å². The van der Waals surface area contributed by atoms with Crippen molar-refractivity contribution in [3.05, 3.63) is 40.8 Å². The molecule has 1 aromatic rings. The molecule has 0 aliphatic heterocycles. The zero-order valence-electron chi connectivity index (χ0n) is 7.65. The van der Waals surface area contributed by atoms with Gasteiger partial charge in [-0.2, -0.15) is 0 Å². The molecule has 0 saturated heterocycles. The lowest BCUT2D eigenvalue weighted by atomic mass is 9.98. The fourth-order valence-corrected chi connectivity index (χ4v) is 1.23. The van der Waals surface area contributed by atoms with Gasteiger partial charge in [-0.3, -0.25) is 0 Å². The van der Waals surface area contributed by atoms with E-state index >= 15 is 0 Å². The summed E-state index contributed by atoms with van der Waals surface area (Å²) in [5, 5.41) is 0. The summed E-state index contributed by atoms with van der Waals surface area (Å²) in [4.78, 5) is 0. The van der Waals surface area contributed by atoms with Crippen molar-refractivity contribution in [2.45, 2.75) is 27.7 Å². The molecule has 2 radical (unpaired) electrons. The molecule has 0 aliphatic rings. The summed E-state index contributed by atoms with van der Waals surface area (Å²) in [6.45, 7) is 8.40. The van der Waals surface area contributed by atoms with Crippen molar-refractivity contribution >= 4 is 0 Å². The van der Waals surface area contributed by atoms with Crippen LogP contribution in [0, 0.1) is 27.2 Å². The topological polar surface area (TPSA) is 0 Å². The number of rotatable bonds is 1. The molecule has 0 aliphatic carbocycles. The van der Waals surface area contributed by atoms with Gasteiger partial charge in [0.25, 0.3) is 0 Å². The predicted molar refractivity (Wildman–Crippen MR) is 48.7 cm³/mol. The summed E-state index contributed by atoms with van der Waals surface area (Å²) >= 11 is 0. The Balaban J connectivity index is 3.25. The van der Waals surface area contributed by atoms with Gasteiger partial charge in [-0.1, -0.05) is 19.1 Å². The van der Waals surface area contributed by atoms with Gasteiger partial charge in [-0.05, 0) is 43.0 Å². The second-order valence-electron chi connectivity index (χ2n) is 2.93. The fraction of sp³-hybridized carbons (Fsp3) is 0.364. The van der Waals surface area contributed by atoms with E-state index in [2.05, 4.69) is 39.3 Å². The maximum atomic E-state index is 3.16. The van der Waals surface area contributed by atoms with E-state index in [1.165, 1.54) is 22.3 Å². The molecule has 0 heteroatoms. The van der Waals surface area contributed by atoms with E-state index in [9.17, 15) is 0 Å². The highest BCUT2D eigenvalue weighted by atomic mass is 14.1.